The monoisotopic (exact) mass is 99.1 g/mol. The van der Waals surface area contributed by atoms with Crippen LogP contribution in [0.25, 0.3) is 0 Å². The van der Waals surface area contributed by atoms with Crippen molar-refractivity contribution in [1.82, 2.24) is 5.32 Å². The summed E-state index contributed by atoms with van der Waals surface area (Å²) in [7, 11) is 0. The van der Waals surface area contributed by atoms with Crippen LogP contribution in [0, 0.1) is 0 Å². The summed E-state index contributed by atoms with van der Waals surface area (Å²) in [4.78, 5) is 3.91. The number of nitrogens with one attached hydrogen (secondary N) is 1. The molecule has 0 aromatic carbocycles. The molecule has 0 bridgehead atoms. The molecule has 3 nitrogen and oxygen atoms in total. The van der Waals surface area contributed by atoms with Gasteiger partial charge >= 0.3 is 0 Å². The number of nitrogens with two attached hydrogens (primary N) is 1. The van der Waals surface area contributed by atoms with Gasteiger partial charge in [0.1, 0.15) is 0 Å². The number of rotatable bonds is 0. The highest BCUT2D eigenvalue weighted by molar-refractivity contribution is 5.55. The third-order valence-corrected chi connectivity index (χ3v) is 0.949. The molecule has 0 aromatic rings. The summed E-state index contributed by atoms with van der Waals surface area (Å²) >= 11 is 0. The van der Waals surface area contributed by atoms with Crippen LogP contribution in [0.15, 0.2) is 4.99 Å². The quantitative estimate of drug-likeness (QED) is 0.421. The Morgan fingerprint density at radius 2 is 2.71 bits per heavy atom. The summed E-state index contributed by atoms with van der Waals surface area (Å²) in [6, 6.07) is 0. The topological polar surface area (TPSA) is 50.4 Å². The van der Waals surface area contributed by atoms with E-state index in [2.05, 4.69) is 10.3 Å². The molecular weight excluding hydrogens is 90.1 g/mol. The van der Waals surface area contributed by atoms with Crippen molar-refractivity contribution in [3.63, 3.8) is 0 Å². The summed E-state index contributed by atoms with van der Waals surface area (Å²) in [6.45, 7) is 0.869. The lowest BCUT2D eigenvalue weighted by molar-refractivity contribution is 0.573. The number of hydrogen-bond donors (Lipinski definition) is 2. The van der Waals surface area contributed by atoms with E-state index in [0.717, 1.165) is 13.0 Å². The molecule has 0 saturated carbocycles. The number of nitrogens with zero attached hydrogens (tertiary/aromatic N) is 1. The fourth-order valence-corrected chi connectivity index (χ4v) is 0.510. The fourth-order valence-electron chi connectivity index (χ4n) is 0.510. The second-order valence-corrected chi connectivity index (χ2v) is 1.60. The van der Waals surface area contributed by atoms with E-state index in [1.807, 2.05) is 0 Å². The van der Waals surface area contributed by atoms with E-state index in [4.69, 9.17) is 5.73 Å². The Kier molecular flexibility index (Phi) is 1.26. The zero-order valence-corrected chi connectivity index (χ0v) is 4.09. The molecule has 1 rings (SSSR count). The highest BCUT2D eigenvalue weighted by Gasteiger charge is 1.99. The van der Waals surface area contributed by atoms with Gasteiger partial charge in [0.25, 0.3) is 0 Å². The standard InChI is InChI=1S/C4H9N3/c5-4-1-2-6-3-7-4/h3-4H,1-2,5H2,(H,6,7). The molecule has 1 heterocycles. The minimum Gasteiger partial charge on any atom is -0.361 e. The molecule has 1 unspecified atom stereocenters. The number of aliphatic imine (C=N–C) groups is 1. The van der Waals surface area contributed by atoms with E-state index in [-0.39, 0.29) is 6.17 Å². The molecule has 0 radical (unpaired) electrons. The Morgan fingerprint density at radius 3 is 3.00 bits per heavy atom. The maximum absolute atomic E-state index is 5.43. The van der Waals surface area contributed by atoms with Crippen LogP contribution >= 0.6 is 0 Å². The lowest BCUT2D eigenvalue weighted by Gasteiger charge is -2.12. The van der Waals surface area contributed by atoms with Gasteiger partial charge in [-0.3, -0.25) is 4.99 Å². The zero-order valence-electron chi connectivity index (χ0n) is 4.09. The van der Waals surface area contributed by atoms with Crippen molar-refractivity contribution in [1.29, 1.82) is 0 Å². The molecule has 3 heteroatoms. The molecule has 0 amide bonds. The molecule has 0 aliphatic carbocycles. The Bertz CT molecular complexity index is 79.0. The van der Waals surface area contributed by atoms with Gasteiger partial charge in [-0.05, 0) is 0 Å². The van der Waals surface area contributed by atoms with Gasteiger partial charge in [0.2, 0.25) is 0 Å². The van der Waals surface area contributed by atoms with Crippen molar-refractivity contribution >= 4 is 6.34 Å². The van der Waals surface area contributed by atoms with E-state index in [1.165, 1.54) is 0 Å². The molecule has 1 aliphatic rings. The minimum atomic E-state index is 0.137. The van der Waals surface area contributed by atoms with Crippen molar-refractivity contribution in [2.75, 3.05) is 6.54 Å². The van der Waals surface area contributed by atoms with Crippen molar-refractivity contribution in [3.05, 3.63) is 0 Å². The summed E-state index contributed by atoms with van der Waals surface area (Å²) in [5.41, 5.74) is 5.43. The van der Waals surface area contributed by atoms with Gasteiger partial charge in [0.05, 0.1) is 12.5 Å². The van der Waals surface area contributed by atoms with E-state index >= 15 is 0 Å². The summed E-state index contributed by atoms with van der Waals surface area (Å²) in [5.74, 6) is 0. The van der Waals surface area contributed by atoms with Crippen molar-refractivity contribution in [3.8, 4) is 0 Å². The van der Waals surface area contributed by atoms with Gasteiger partial charge in [-0.2, -0.15) is 0 Å². The van der Waals surface area contributed by atoms with Crippen LogP contribution in [0.4, 0.5) is 0 Å². The van der Waals surface area contributed by atoms with E-state index in [9.17, 15) is 0 Å². The first kappa shape index (κ1) is 4.59. The molecule has 1 aliphatic heterocycles. The first-order chi connectivity index (χ1) is 3.39. The third kappa shape index (κ3) is 1.16. The van der Waals surface area contributed by atoms with Gasteiger partial charge in [0, 0.05) is 13.0 Å². The average Bonchev–Trinajstić information content (AvgIpc) is 1.69. The molecule has 0 saturated heterocycles. The molecule has 3 N–H and O–H groups in total. The zero-order chi connectivity index (χ0) is 5.11. The maximum Gasteiger partial charge on any atom is 0.0835 e. The minimum absolute atomic E-state index is 0.137. The molecule has 7 heavy (non-hydrogen) atoms. The lowest BCUT2D eigenvalue weighted by Crippen LogP contribution is -2.39. The second kappa shape index (κ2) is 1.93. The Balaban J connectivity index is 2.32. The van der Waals surface area contributed by atoms with E-state index in [1.54, 1.807) is 6.34 Å². The van der Waals surface area contributed by atoms with Crippen LogP contribution in [0.1, 0.15) is 6.42 Å². The van der Waals surface area contributed by atoms with Gasteiger partial charge in [-0.15, -0.1) is 0 Å². The predicted octanol–water partition coefficient (Wildman–Crippen LogP) is -0.707. The van der Waals surface area contributed by atoms with Crippen LogP contribution in [0.2, 0.25) is 0 Å². The molecule has 0 fully saturated rings. The normalized spacial score (nSPS) is 29.6. The summed E-state index contributed by atoms with van der Waals surface area (Å²) in [6.07, 6.45) is 2.75. The lowest BCUT2D eigenvalue weighted by atomic mass is 10.3. The SMILES string of the molecule is NC1CCN=CN1. The average molecular weight is 99.1 g/mol. The molecule has 0 spiro atoms. The van der Waals surface area contributed by atoms with Crippen LogP contribution < -0.4 is 11.1 Å². The van der Waals surface area contributed by atoms with Gasteiger partial charge in [-0.25, -0.2) is 0 Å². The summed E-state index contributed by atoms with van der Waals surface area (Å²) < 4.78 is 0. The largest absolute Gasteiger partial charge is 0.361 e. The molecular formula is C4H9N3. The Hall–Kier alpha value is -0.570. The summed E-state index contributed by atoms with van der Waals surface area (Å²) in [5, 5.41) is 2.87. The van der Waals surface area contributed by atoms with Crippen LogP contribution in [-0.4, -0.2) is 19.0 Å². The van der Waals surface area contributed by atoms with Gasteiger partial charge in [0.15, 0.2) is 0 Å². The van der Waals surface area contributed by atoms with Crippen LogP contribution in [0.5, 0.6) is 0 Å². The first-order valence-electron chi connectivity index (χ1n) is 2.39. The highest BCUT2D eigenvalue weighted by atomic mass is 15.1. The van der Waals surface area contributed by atoms with Crippen molar-refractivity contribution < 1.29 is 0 Å². The fraction of sp³-hybridized carbons (Fsp3) is 0.750. The van der Waals surface area contributed by atoms with Crippen LogP contribution in [0.3, 0.4) is 0 Å². The Morgan fingerprint density at radius 1 is 1.86 bits per heavy atom. The molecule has 40 valence electrons. The second-order valence-electron chi connectivity index (χ2n) is 1.60. The maximum atomic E-state index is 5.43. The van der Waals surface area contributed by atoms with Crippen molar-refractivity contribution in [2.45, 2.75) is 12.6 Å². The highest BCUT2D eigenvalue weighted by Crippen LogP contribution is 1.86. The Labute approximate surface area is 42.6 Å². The molecule has 1 atom stereocenters. The third-order valence-electron chi connectivity index (χ3n) is 0.949. The van der Waals surface area contributed by atoms with Gasteiger partial charge < -0.3 is 11.1 Å². The van der Waals surface area contributed by atoms with E-state index in [0.29, 0.717) is 0 Å². The first-order valence-corrected chi connectivity index (χ1v) is 2.39. The van der Waals surface area contributed by atoms with Crippen molar-refractivity contribution in [2.24, 2.45) is 10.7 Å². The van der Waals surface area contributed by atoms with Crippen LogP contribution in [-0.2, 0) is 0 Å². The van der Waals surface area contributed by atoms with Gasteiger partial charge in [-0.1, -0.05) is 0 Å². The van der Waals surface area contributed by atoms with E-state index < -0.39 is 0 Å². The molecule has 0 aromatic heterocycles. The smallest absolute Gasteiger partial charge is 0.0835 e. The number of hydrogen-bond acceptors (Lipinski definition) is 3. The predicted molar refractivity (Wildman–Crippen MR) is 29.1 cm³/mol.